The van der Waals surface area contributed by atoms with Crippen molar-refractivity contribution in [2.24, 2.45) is 0 Å². The van der Waals surface area contributed by atoms with Gasteiger partial charge in [-0.15, -0.1) is 0 Å². The van der Waals surface area contributed by atoms with Gasteiger partial charge in [0, 0.05) is 16.8 Å². The minimum Gasteiger partial charge on any atom is -0.439 e. The predicted molar refractivity (Wildman–Crippen MR) is 93.1 cm³/mol. The highest BCUT2D eigenvalue weighted by Gasteiger charge is 2.17. The van der Waals surface area contributed by atoms with E-state index < -0.39 is 6.10 Å². The van der Waals surface area contributed by atoms with Crippen molar-refractivity contribution in [3.05, 3.63) is 61.3 Å². The Balaban J connectivity index is 2.11. The van der Waals surface area contributed by atoms with Gasteiger partial charge in [-0.05, 0) is 32.0 Å². The van der Waals surface area contributed by atoms with Gasteiger partial charge < -0.3 is 15.4 Å². The Morgan fingerprint density at radius 2 is 2.04 bits per heavy atom. The molecule has 0 amide bonds. The lowest BCUT2D eigenvalue weighted by Gasteiger charge is -2.14. The Labute approximate surface area is 147 Å². The number of oxazole rings is 1. The van der Waals surface area contributed by atoms with Gasteiger partial charge in [0.25, 0.3) is 5.56 Å². The van der Waals surface area contributed by atoms with Crippen molar-refractivity contribution in [3.8, 4) is 0 Å². The van der Waals surface area contributed by atoms with Gasteiger partial charge in [-0.25, -0.2) is 9.66 Å². The molecule has 2 heterocycles. The molecule has 1 unspecified atom stereocenters. The number of halogens is 2. The minimum absolute atomic E-state index is 0.109. The summed E-state index contributed by atoms with van der Waals surface area (Å²) in [6.07, 6.45) is -0.649. The van der Waals surface area contributed by atoms with Crippen LogP contribution in [0.5, 0.6) is 0 Å². The Hall–Kier alpha value is -2.02. The summed E-state index contributed by atoms with van der Waals surface area (Å²) in [5.41, 5.74) is 1.86. The highest BCUT2D eigenvalue weighted by molar-refractivity contribution is 6.39. The molecule has 3 N–H and O–H groups in total. The number of nitrogens with zero attached hydrogens (tertiary/aromatic N) is 2. The Morgan fingerprint density at radius 3 is 2.67 bits per heavy atom. The van der Waals surface area contributed by atoms with E-state index in [1.807, 2.05) is 0 Å². The number of aliphatic hydroxyl groups excluding tert-OH is 1. The van der Waals surface area contributed by atoms with Crippen LogP contribution in [0.1, 0.15) is 35.7 Å². The molecule has 3 rings (SSSR count). The van der Waals surface area contributed by atoms with E-state index in [-0.39, 0.29) is 17.9 Å². The van der Waals surface area contributed by atoms with E-state index in [1.165, 1.54) is 0 Å². The van der Waals surface area contributed by atoms with Crippen LogP contribution in [0, 0.1) is 6.92 Å². The summed E-state index contributed by atoms with van der Waals surface area (Å²) < 4.78 is 6.64. The molecule has 0 radical (unpaired) electrons. The average Bonchev–Trinajstić information content (AvgIpc) is 2.96. The zero-order valence-electron chi connectivity index (χ0n) is 13.0. The number of aliphatic hydroxyl groups is 1. The molecule has 0 bridgehead atoms. The van der Waals surface area contributed by atoms with Crippen LogP contribution in [-0.2, 0) is 6.42 Å². The molecule has 1 aromatic carbocycles. The van der Waals surface area contributed by atoms with Crippen LogP contribution < -0.4 is 11.4 Å². The quantitative estimate of drug-likeness (QED) is 0.694. The molecule has 0 fully saturated rings. The molecular formula is C16H15Cl2N3O3. The van der Waals surface area contributed by atoms with Crippen LogP contribution >= 0.6 is 23.2 Å². The van der Waals surface area contributed by atoms with E-state index in [9.17, 15) is 9.90 Å². The summed E-state index contributed by atoms with van der Waals surface area (Å²) in [6, 6.07) is 4.86. The average molecular weight is 368 g/mol. The van der Waals surface area contributed by atoms with E-state index in [0.29, 0.717) is 38.0 Å². The second-order valence-corrected chi connectivity index (χ2v) is 6.37. The first-order valence-electron chi connectivity index (χ1n) is 7.21. The molecule has 0 spiro atoms. The monoisotopic (exact) mass is 367 g/mol. The fraction of sp³-hybridized carbons (Fsp3) is 0.250. The number of fused-ring (bicyclic) bond motifs is 1. The molecule has 3 aromatic rings. The predicted octanol–water partition coefficient (Wildman–Crippen LogP) is 2.96. The zero-order chi connectivity index (χ0) is 17.6. The van der Waals surface area contributed by atoms with E-state index in [2.05, 4.69) is 4.98 Å². The highest BCUT2D eigenvalue weighted by atomic mass is 35.5. The van der Waals surface area contributed by atoms with Gasteiger partial charge in [-0.2, -0.15) is 0 Å². The first kappa shape index (κ1) is 16.8. The van der Waals surface area contributed by atoms with Crippen LogP contribution in [0.3, 0.4) is 0 Å². The Morgan fingerprint density at radius 1 is 1.38 bits per heavy atom. The van der Waals surface area contributed by atoms with Crippen molar-refractivity contribution in [1.29, 1.82) is 0 Å². The molecule has 0 aliphatic carbocycles. The number of rotatable bonds is 3. The summed E-state index contributed by atoms with van der Waals surface area (Å²) in [6.45, 7) is 3.28. The number of nitrogen functional groups attached to an aromatic ring is 1. The number of benzene rings is 1. The maximum Gasteiger partial charge on any atom is 0.272 e. The number of pyridine rings is 1. The van der Waals surface area contributed by atoms with Crippen molar-refractivity contribution in [2.75, 3.05) is 5.84 Å². The van der Waals surface area contributed by atoms with Crippen molar-refractivity contribution in [3.63, 3.8) is 0 Å². The van der Waals surface area contributed by atoms with Crippen LogP contribution in [0.4, 0.5) is 0 Å². The Bertz CT molecular complexity index is 953. The SMILES string of the molecule is Cc1c(C(C)O)cc(Cc2nc3c(Cl)ccc(Cl)c3o2)c(=O)n1N. The standard InChI is InChI=1S/C16H15Cl2N3O3/c1-7-10(8(2)22)5-9(16(23)21(7)19)6-13-20-14-11(17)3-4-12(18)15(14)24-13/h3-5,8,22H,6,19H2,1-2H3. The number of hydrogen-bond acceptors (Lipinski definition) is 5. The molecule has 0 aliphatic heterocycles. The van der Waals surface area contributed by atoms with Crippen molar-refractivity contribution in [1.82, 2.24) is 9.66 Å². The molecule has 1 atom stereocenters. The van der Waals surface area contributed by atoms with Gasteiger partial charge in [0.2, 0.25) is 0 Å². The summed E-state index contributed by atoms with van der Waals surface area (Å²) in [5.74, 6) is 6.09. The van der Waals surface area contributed by atoms with E-state index in [1.54, 1.807) is 32.0 Å². The lowest BCUT2D eigenvalue weighted by atomic mass is 10.0. The van der Waals surface area contributed by atoms with Gasteiger partial charge in [-0.1, -0.05) is 23.2 Å². The van der Waals surface area contributed by atoms with Gasteiger partial charge in [0.1, 0.15) is 5.52 Å². The maximum absolute atomic E-state index is 12.4. The third-order valence-corrected chi connectivity index (χ3v) is 4.49. The molecule has 24 heavy (non-hydrogen) atoms. The topological polar surface area (TPSA) is 94.3 Å². The fourth-order valence-corrected chi connectivity index (χ4v) is 2.96. The molecule has 0 saturated heterocycles. The molecule has 6 nitrogen and oxygen atoms in total. The summed E-state index contributed by atoms with van der Waals surface area (Å²) in [7, 11) is 0. The molecule has 126 valence electrons. The molecule has 0 saturated carbocycles. The number of hydrogen-bond donors (Lipinski definition) is 2. The van der Waals surface area contributed by atoms with Gasteiger partial charge in [0.05, 0.1) is 22.6 Å². The third-order valence-electron chi connectivity index (χ3n) is 3.88. The third kappa shape index (κ3) is 2.77. The lowest BCUT2D eigenvalue weighted by Crippen LogP contribution is -2.33. The minimum atomic E-state index is -0.758. The molecule has 2 aromatic heterocycles. The molecule has 8 heteroatoms. The maximum atomic E-state index is 12.4. The Kier molecular flexibility index (Phi) is 4.29. The fourth-order valence-electron chi connectivity index (χ4n) is 2.58. The largest absolute Gasteiger partial charge is 0.439 e. The van der Waals surface area contributed by atoms with Crippen LogP contribution in [0.2, 0.25) is 10.0 Å². The molecular weight excluding hydrogens is 353 g/mol. The highest BCUT2D eigenvalue weighted by Crippen LogP contribution is 2.30. The summed E-state index contributed by atoms with van der Waals surface area (Å²) in [5, 5.41) is 10.7. The second kappa shape index (κ2) is 6.12. The van der Waals surface area contributed by atoms with Gasteiger partial charge in [-0.3, -0.25) is 4.79 Å². The first-order chi connectivity index (χ1) is 11.3. The lowest BCUT2D eigenvalue weighted by molar-refractivity contribution is 0.197. The summed E-state index contributed by atoms with van der Waals surface area (Å²) >= 11 is 12.2. The van der Waals surface area contributed by atoms with Gasteiger partial charge >= 0.3 is 0 Å². The molecule has 0 aliphatic rings. The van der Waals surface area contributed by atoms with Crippen LogP contribution in [0.25, 0.3) is 11.1 Å². The zero-order valence-corrected chi connectivity index (χ0v) is 14.5. The summed E-state index contributed by atoms with van der Waals surface area (Å²) in [4.78, 5) is 16.7. The van der Waals surface area contributed by atoms with E-state index in [0.717, 1.165) is 4.68 Å². The number of nitrogens with two attached hydrogens (primary N) is 1. The smallest absolute Gasteiger partial charge is 0.272 e. The van der Waals surface area contributed by atoms with Gasteiger partial charge in [0.15, 0.2) is 11.5 Å². The van der Waals surface area contributed by atoms with Crippen molar-refractivity contribution in [2.45, 2.75) is 26.4 Å². The normalized spacial score (nSPS) is 12.7. The van der Waals surface area contributed by atoms with Crippen LogP contribution in [-0.4, -0.2) is 14.8 Å². The van der Waals surface area contributed by atoms with Crippen molar-refractivity contribution < 1.29 is 9.52 Å². The van der Waals surface area contributed by atoms with E-state index in [4.69, 9.17) is 33.5 Å². The van der Waals surface area contributed by atoms with Crippen LogP contribution in [0.15, 0.2) is 27.4 Å². The van der Waals surface area contributed by atoms with E-state index >= 15 is 0 Å². The van der Waals surface area contributed by atoms with Crippen molar-refractivity contribution >= 4 is 34.3 Å². The first-order valence-corrected chi connectivity index (χ1v) is 7.97. The second-order valence-electron chi connectivity index (χ2n) is 5.55. The number of aromatic nitrogens is 2.